The molecule has 0 saturated heterocycles. The first-order valence-corrected chi connectivity index (χ1v) is 9.70. The summed E-state index contributed by atoms with van der Waals surface area (Å²) >= 11 is 1.03. The van der Waals surface area contributed by atoms with Crippen molar-refractivity contribution < 1.29 is 13.2 Å². The maximum Gasteiger partial charge on any atom is 0.261 e. The molecule has 0 unspecified atom stereocenters. The smallest absolute Gasteiger partial charge is 0.261 e. The molecule has 1 aromatic rings. The van der Waals surface area contributed by atoms with Gasteiger partial charge in [0.2, 0.25) is 0 Å². The Bertz CT molecular complexity index is 629. The molecule has 0 radical (unpaired) electrons. The molecule has 1 saturated carbocycles. The lowest BCUT2D eigenvalue weighted by molar-refractivity contribution is 0.100. The maximum absolute atomic E-state index is 12.0. The second-order valence-corrected chi connectivity index (χ2v) is 8.45. The van der Waals surface area contributed by atoms with Gasteiger partial charge in [0, 0.05) is 12.3 Å². The van der Waals surface area contributed by atoms with Crippen LogP contribution in [-0.2, 0) is 9.84 Å². The van der Waals surface area contributed by atoms with Crippen molar-refractivity contribution in [1.29, 1.82) is 0 Å². The van der Waals surface area contributed by atoms with Crippen LogP contribution in [-0.4, -0.2) is 26.6 Å². The van der Waals surface area contributed by atoms with Gasteiger partial charge in [0.25, 0.3) is 5.91 Å². The van der Waals surface area contributed by atoms with E-state index in [1.165, 1.54) is 12.8 Å². The molecule has 0 bridgehead atoms. The second-order valence-electron chi connectivity index (χ2n) is 5.47. The van der Waals surface area contributed by atoms with Crippen molar-refractivity contribution in [2.45, 2.75) is 49.5 Å². The molecule has 0 atom stereocenters. The van der Waals surface area contributed by atoms with Gasteiger partial charge in [0.15, 0.2) is 9.84 Å². The highest BCUT2D eigenvalue weighted by Gasteiger charge is 2.27. The third kappa shape index (κ3) is 3.68. The molecule has 118 valence electrons. The Labute approximate surface area is 128 Å². The normalized spacial score (nSPS) is 17.4. The summed E-state index contributed by atoms with van der Waals surface area (Å²) in [5.74, 6) is -0.698. The Morgan fingerprint density at radius 2 is 1.81 bits per heavy atom. The zero-order chi connectivity index (χ0) is 15.6. The molecule has 1 aliphatic carbocycles. The van der Waals surface area contributed by atoms with Crippen LogP contribution in [0.2, 0.25) is 0 Å². The number of hydrogen-bond donors (Lipinski definition) is 3. The monoisotopic (exact) mass is 331 g/mol. The van der Waals surface area contributed by atoms with Gasteiger partial charge in [-0.3, -0.25) is 4.79 Å². The maximum atomic E-state index is 12.0. The van der Waals surface area contributed by atoms with E-state index in [4.69, 9.17) is 11.5 Å². The number of primary amides is 1. The second kappa shape index (κ2) is 6.23. The Kier molecular flexibility index (Phi) is 4.77. The van der Waals surface area contributed by atoms with E-state index in [0.717, 1.165) is 43.3 Å². The van der Waals surface area contributed by atoms with E-state index in [1.54, 1.807) is 0 Å². The van der Waals surface area contributed by atoms with Crippen LogP contribution in [0.25, 0.3) is 0 Å². The average Bonchev–Trinajstić information content (AvgIpc) is 2.55. The van der Waals surface area contributed by atoms with Crippen LogP contribution in [0, 0.1) is 0 Å². The van der Waals surface area contributed by atoms with Crippen LogP contribution >= 0.6 is 11.3 Å². The first-order chi connectivity index (χ1) is 9.80. The molecule has 1 amide bonds. The summed E-state index contributed by atoms with van der Waals surface area (Å²) in [4.78, 5) is 11.5. The summed E-state index contributed by atoms with van der Waals surface area (Å²) in [6, 6.07) is 0.215. The molecule has 0 aliphatic heterocycles. The van der Waals surface area contributed by atoms with Crippen molar-refractivity contribution in [2.24, 2.45) is 5.73 Å². The molecule has 21 heavy (non-hydrogen) atoms. The molecule has 0 spiro atoms. The largest absolute Gasteiger partial charge is 0.396 e. The van der Waals surface area contributed by atoms with Gasteiger partial charge in [-0.15, -0.1) is 11.3 Å². The highest BCUT2D eigenvalue weighted by molar-refractivity contribution is 7.91. The van der Waals surface area contributed by atoms with E-state index >= 15 is 0 Å². The predicted molar refractivity (Wildman–Crippen MR) is 85.5 cm³/mol. The summed E-state index contributed by atoms with van der Waals surface area (Å²) in [5.41, 5.74) is 11.0. The Hall–Kier alpha value is -1.28. The van der Waals surface area contributed by atoms with Crippen LogP contribution in [0.3, 0.4) is 0 Å². The number of anilines is 2. The fourth-order valence-corrected chi connectivity index (χ4v) is 5.17. The number of nitrogen functional groups attached to an aromatic ring is 1. The number of amides is 1. The topological polar surface area (TPSA) is 115 Å². The number of rotatable bonds is 4. The van der Waals surface area contributed by atoms with Gasteiger partial charge >= 0.3 is 0 Å². The molecule has 8 heteroatoms. The predicted octanol–water partition coefficient (Wildman–Crippen LogP) is 1.97. The third-order valence-electron chi connectivity index (χ3n) is 3.68. The van der Waals surface area contributed by atoms with Gasteiger partial charge in [-0.05, 0) is 12.8 Å². The van der Waals surface area contributed by atoms with E-state index in [0.29, 0.717) is 5.00 Å². The number of carbonyl (C=O) groups is 1. The molecular formula is C13H21N3O3S2. The number of hydrogen-bond acceptors (Lipinski definition) is 6. The Balaban J connectivity index is 2.37. The van der Waals surface area contributed by atoms with Gasteiger partial charge in [0.05, 0.1) is 5.69 Å². The van der Waals surface area contributed by atoms with E-state index in [-0.39, 0.29) is 21.5 Å². The van der Waals surface area contributed by atoms with Crippen molar-refractivity contribution in [2.75, 3.05) is 17.3 Å². The molecule has 1 aliphatic rings. The van der Waals surface area contributed by atoms with Crippen LogP contribution < -0.4 is 16.8 Å². The third-order valence-corrected chi connectivity index (χ3v) is 6.13. The van der Waals surface area contributed by atoms with Crippen LogP contribution in [0.1, 0.15) is 48.2 Å². The van der Waals surface area contributed by atoms with Crippen LogP contribution in [0.15, 0.2) is 4.90 Å². The number of carbonyl (C=O) groups excluding carboxylic acids is 1. The standard InChI is InChI=1S/C13H21N3O3S2/c1-21(18,19)11-9(14)10(12(15)17)20-13(11)16-8-6-4-2-3-5-7-8/h8,16H,2-7,14H2,1H3,(H2,15,17). The number of nitrogens with one attached hydrogen (secondary N) is 1. The highest BCUT2D eigenvalue weighted by atomic mass is 32.2. The van der Waals surface area contributed by atoms with Gasteiger partial charge in [0.1, 0.15) is 14.8 Å². The van der Waals surface area contributed by atoms with E-state index in [1.807, 2.05) is 0 Å². The first kappa shape index (κ1) is 16.1. The van der Waals surface area contributed by atoms with Crippen LogP contribution in [0.4, 0.5) is 10.7 Å². The summed E-state index contributed by atoms with van der Waals surface area (Å²) in [5, 5.41) is 3.70. The molecule has 0 aromatic carbocycles. The summed E-state index contributed by atoms with van der Waals surface area (Å²) in [7, 11) is -3.52. The van der Waals surface area contributed by atoms with Gasteiger partial charge in [-0.25, -0.2) is 8.42 Å². The van der Waals surface area contributed by atoms with E-state index in [2.05, 4.69) is 5.32 Å². The lowest BCUT2D eigenvalue weighted by atomic mass is 10.1. The number of thiophene rings is 1. The number of nitrogens with two attached hydrogens (primary N) is 2. The first-order valence-electron chi connectivity index (χ1n) is 6.99. The fraction of sp³-hybridized carbons (Fsp3) is 0.615. The summed E-state index contributed by atoms with van der Waals surface area (Å²) < 4.78 is 23.9. The minimum atomic E-state index is -3.52. The Morgan fingerprint density at radius 1 is 1.24 bits per heavy atom. The minimum Gasteiger partial charge on any atom is -0.396 e. The van der Waals surface area contributed by atoms with Crippen LogP contribution in [0.5, 0.6) is 0 Å². The lowest BCUT2D eigenvalue weighted by Crippen LogP contribution is -2.19. The van der Waals surface area contributed by atoms with Crippen molar-refractivity contribution in [1.82, 2.24) is 0 Å². The minimum absolute atomic E-state index is 0.00514. The number of sulfone groups is 1. The van der Waals surface area contributed by atoms with Crippen molar-refractivity contribution in [3.63, 3.8) is 0 Å². The van der Waals surface area contributed by atoms with E-state index in [9.17, 15) is 13.2 Å². The molecule has 2 rings (SSSR count). The lowest BCUT2D eigenvalue weighted by Gasteiger charge is -2.17. The quantitative estimate of drug-likeness (QED) is 0.730. The average molecular weight is 331 g/mol. The van der Waals surface area contributed by atoms with Gasteiger partial charge in [-0.2, -0.15) is 0 Å². The van der Waals surface area contributed by atoms with E-state index < -0.39 is 15.7 Å². The zero-order valence-corrected chi connectivity index (χ0v) is 13.6. The molecular weight excluding hydrogens is 310 g/mol. The van der Waals surface area contributed by atoms with Crippen molar-refractivity contribution in [3.05, 3.63) is 4.88 Å². The molecule has 1 aromatic heterocycles. The van der Waals surface area contributed by atoms with Gasteiger partial charge in [-0.1, -0.05) is 25.7 Å². The van der Waals surface area contributed by atoms with Crippen molar-refractivity contribution in [3.8, 4) is 0 Å². The Morgan fingerprint density at radius 3 is 2.29 bits per heavy atom. The van der Waals surface area contributed by atoms with Gasteiger partial charge < -0.3 is 16.8 Å². The summed E-state index contributed by atoms with van der Waals surface area (Å²) in [6.45, 7) is 0. The highest BCUT2D eigenvalue weighted by Crippen LogP contribution is 2.40. The summed E-state index contributed by atoms with van der Waals surface area (Å²) in [6.07, 6.45) is 7.73. The fourth-order valence-electron chi connectivity index (χ4n) is 2.68. The molecule has 1 fully saturated rings. The molecule has 5 N–H and O–H groups in total. The molecule has 6 nitrogen and oxygen atoms in total. The molecule has 1 heterocycles. The SMILES string of the molecule is CS(=O)(=O)c1c(NC2CCCCCC2)sc(C(N)=O)c1N. The zero-order valence-electron chi connectivity index (χ0n) is 12.0. The van der Waals surface area contributed by atoms with Crippen molar-refractivity contribution >= 4 is 37.8 Å².